The van der Waals surface area contributed by atoms with Gasteiger partial charge in [-0.3, -0.25) is 14.4 Å². The monoisotopic (exact) mass is 445 g/mol. The molecule has 3 aromatic rings. The van der Waals surface area contributed by atoms with E-state index in [-0.39, 0.29) is 11.3 Å². The molecule has 0 bridgehead atoms. The number of aryl methyl sites for hydroxylation is 2. The summed E-state index contributed by atoms with van der Waals surface area (Å²) in [6.45, 7) is 3.43. The van der Waals surface area contributed by atoms with E-state index in [0.29, 0.717) is 24.2 Å². The zero-order chi connectivity index (χ0) is 23.7. The maximum Gasteiger partial charge on any atom is 0.276 e. The van der Waals surface area contributed by atoms with Crippen LogP contribution >= 0.6 is 0 Å². The first-order chi connectivity index (χ1) is 15.8. The lowest BCUT2D eigenvalue weighted by Crippen LogP contribution is -2.45. The Labute approximate surface area is 188 Å². The second-order valence-electron chi connectivity index (χ2n) is 7.85. The van der Waals surface area contributed by atoms with E-state index in [0.717, 1.165) is 11.1 Å². The lowest BCUT2D eigenvalue weighted by Gasteiger charge is -2.16. The first-order valence-corrected chi connectivity index (χ1v) is 10.3. The molecular formula is C24H20FN5O3. The molecule has 2 aromatic carbocycles. The summed E-state index contributed by atoms with van der Waals surface area (Å²) in [7, 11) is 0. The average molecular weight is 445 g/mol. The van der Waals surface area contributed by atoms with Gasteiger partial charge in [0, 0.05) is 5.69 Å². The smallest absolute Gasteiger partial charge is 0.276 e. The SMILES string of the molecule is Cc1ccc2c(c1)NC(=O)C(NC(=O)c1nn(-c3ccc(F)cc3)c(C)c(C#N)c1=O)CC2. The molecule has 4 rings (SSSR count). The molecule has 33 heavy (non-hydrogen) atoms. The molecule has 166 valence electrons. The zero-order valence-electron chi connectivity index (χ0n) is 18.0. The van der Waals surface area contributed by atoms with Crippen LogP contribution in [-0.2, 0) is 11.2 Å². The van der Waals surface area contributed by atoms with Crippen molar-refractivity contribution in [2.24, 2.45) is 0 Å². The third-order valence-electron chi connectivity index (χ3n) is 5.57. The van der Waals surface area contributed by atoms with Gasteiger partial charge in [-0.1, -0.05) is 12.1 Å². The Hall–Kier alpha value is -4.32. The molecule has 1 aromatic heterocycles. The van der Waals surface area contributed by atoms with Crippen LogP contribution in [0.5, 0.6) is 0 Å². The van der Waals surface area contributed by atoms with Crippen LogP contribution in [0.25, 0.3) is 5.69 Å². The summed E-state index contributed by atoms with van der Waals surface area (Å²) in [5.74, 6) is -1.74. The summed E-state index contributed by atoms with van der Waals surface area (Å²) in [5, 5.41) is 19.0. The van der Waals surface area contributed by atoms with Crippen molar-refractivity contribution >= 4 is 17.5 Å². The second-order valence-corrected chi connectivity index (χ2v) is 7.85. The highest BCUT2D eigenvalue weighted by Gasteiger charge is 2.28. The number of anilines is 1. The first-order valence-electron chi connectivity index (χ1n) is 10.3. The molecule has 0 saturated heterocycles. The first kappa shape index (κ1) is 21.9. The van der Waals surface area contributed by atoms with Crippen molar-refractivity contribution in [3.8, 4) is 11.8 Å². The van der Waals surface area contributed by atoms with Gasteiger partial charge in [0.15, 0.2) is 5.69 Å². The molecule has 0 fully saturated rings. The van der Waals surface area contributed by atoms with Crippen molar-refractivity contribution in [1.82, 2.24) is 15.1 Å². The lowest BCUT2D eigenvalue weighted by molar-refractivity contribution is -0.118. The van der Waals surface area contributed by atoms with Crippen LogP contribution in [0.2, 0.25) is 0 Å². The number of hydrogen-bond acceptors (Lipinski definition) is 5. The fourth-order valence-corrected chi connectivity index (χ4v) is 3.76. The minimum absolute atomic E-state index is 0.212. The standard InChI is InChI=1S/C24H20FN5O3/c1-13-3-4-15-5-10-19(23(32)28-20(15)11-13)27-24(33)21-22(31)18(12-26)14(2)30(29-21)17-8-6-16(25)7-9-17/h3-4,6-9,11,19H,5,10H2,1-2H3,(H,27,33)(H,28,32). The minimum Gasteiger partial charge on any atom is -0.339 e. The highest BCUT2D eigenvalue weighted by Crippen LogP contribution is 2.23. The Bertz CT molecular complexity index is 1370. The number of amides is 2. The van der Waals surface area contributed by atoms with Crippen molar-refractivity contribution in [1.29, 1.82) is 5.26 Å². The normalized spacial score (nSPS) is 15.1. The van der Waals surface area contributed by atoms with Gasteiger partial charge in [-0.15, -0.1) is 0 Å². The summed E-state index contributed by atoms with van der Waals surface area (Å²) in [5.41, 5.74) is 1.60. The molecule has 1 aliphatic rings. The second kappa shape index (κ2) is 8.67. The van der Waals surface area contributed by atoms with Crippen molar-refractivity contribution in [2.75, 3.05) is 5.32 Å². The van der Waals surface area contributed by atoms with Crippen molar-refractivity contribution < 1.29 is 14.0 Å². The summed E-state index contributed by atoms with van der Waals surface area (Å²) in [4.78, 5) is 38.5. The van der Waals surface area contributed by atoms with Crippen molar-refractivity contribution in [3.63, 3.8) is 0 Å². The van der Waals surface area contributed by atoms with E-state index in [2.05, 4.69) is 15.7 Å². The quantitative estimate of drug-likeness (QED) is 0.643. The third-order valence-corrected chi connectivity index (χ3v) is 5.57. The molecule has 2 heterocycles. The van der Waals surface area contributed by atoms with Crippen molar-refractivity contribution in [2.45, 2.75) is 32.7 Å². The van der Waals surface area contributed by atoms with Gasteiger partial charge >= 0.3 is 0 Å². The number of fused-ring (bicyclic) bond motifs is 1. The molecule has 9 heteroatoms. The molecule has 8 nitrogen and oxygen atoms in total. The molecular weight excluding hydrogens is 425 g/mol. The summed E-state index contributed by atoms with van der Waals surface area (Å²) in [6.07, 6.45) is 0.876. The Kier molecular flexibility index (Phi) is 5.75. The number of halogens is 1. The lowest BCUT2D eigenvalue weighted by atomic mass is 10.0. The number of nitrogens with zero attached hydrogens (tertiary/aromatic N) is 3. The highest BCUT2D eigenvalue weighted by atomic mass is 19.1. The molecule has 0 spiro atoms. The number of aromatic nitrogens is 2. The minimum atomic E-state index is -0.891. The Balaban J connectivity index is 1.66. The molecule has 1 aliphatic heterocycles. The Morgan fingerprint density at radius 2 is 1.94 bits per heavy atom. The van der Waals surface area contributed by atoms with Gasteiger partial charge in [-0.2, -0.15) is 10.4 Å². The Morgan fingerprint density at radius 1 is 1.21 bits per heavy atom. The van der Waals surface area contributed by atoms with Crippen LogP contribution in [0.3, 0.4) is 0 Å². The van der Waals surface area contributed by atoms with Crippen molar-refractivity contribution in [3.05, 3.63) is 86.6 Å². The number of nitriles is 1. The van der Waals surface area contributed by atoms with Gasteiger partial charge in [0.1, 0.15) is 23.5 Å². The average Bonchev–Trinajstić information content (AvgIpc) is 2.93. The number of carbonyl (C=O) groups excluding carboxylic acids is 2. The van der Waals surface area contributed by atoms with Crippen LogP contribution in [0.1, 0.15) is 39.3 Å². The molecule has 1 atom stereocenters. The fourth-order valence-electron chi connectivity index (χ4n) is 3.76. The van der Waals surface area contributed by atoms with E-state index in [1.54, 1.807) is 0 Å². The Morgan fingerprint density at radius 3 is 2.64 bits per heavy atom. The van der Waals surface area contributed by atoms with E-state index >= 15 is 0 Å². The number of rotatable bonds is 3. The van der Waals surface area contributed by atoms with Crippen LogP contribution in [0.4, 0.5) is 10.1 Å². The summed E-state index contributed by atoms with van der Waals surface area (Å²) >= 11 is 0. The van der Waals surface area contributed by atoms with Gasteiger partial charge in [-0.05, 0) is 68.1 Å². The van der Waals surface area contributed by atoms with Gasteiger partial charge in [-0.25, -0.2) is 9.07 Å². The predicted molar refractivity (Wildman–Crippen MR) is 119 cm³/mol. The zero-order valence-corrected chi connectivity index (χ0v) is 18.0. The van der Waals surface area contributed by atoms with Crippen LogP contribution in [0.15, 0.2) is 47.3 Å². The van der Waals surface area contributed by atoms with Crippen LogP contribution < -0.4 is 16.1 Å². The van der Waals surface area contributed by atoms with E-state index < -0.39 is 34.8 Å². The van der Waals surface area contributed by atoms with Crippen LogP contribution in [0, 0.1) is 31.0 Å². The number of carbonyl (C=O) groups is 2. The fraction of sp³-hybridized carbons (Fsp3) is 0.208. The molecule has 0 saturated carbocycles. The molecule has 2 N–H and O–H groups in total. The van der Waals surface area contributed by atoms with Gasteiger partial charge in [0.05, 0.1) is 11.4 Å². The maximum absolute atomic E-state index is 13.3. The van der Waals surface area contributed by atoms with E-state index in [1.165, 1.54) is 35.9 Å². The van der Waals surface area contributed by atoms with Crippen LogP contribution in [-0.4, -0.2) is 27.6 Å². The van der Waals surface area contributed by atoms with E-state index in [4.69, 9.17) is 0 Å². The molecule has 0 aliphatic carbocycles. The van der Waals surface area contributed by atoms with Gasteiger partial charge in [0.25, 0.3) is 5.91 Å². The molecule has 1 unspecified atom stereocenters. The predicted octanol–water partition coefficient (Wildman–Crippen LogP) is 2.54. The van der Waals surface area contributed by atoms with E-state index in [1.807, 2.05) is 31.2 Å². The number of hydrogen-bond donors (Lipinski definition) is 2. The summed E-state index contributed by atoms with van der Waals surface area (Å²) < 4.78 is 14.6. The number of nitrogens with one attached hydrogen (secondary N) is 2. The largest absolute Gasteiger partial charge is 0.339 e. The maximum atomic E-state index is 13.3. The topological polar surface area (TPSA) is 117 Å². The van der Waals surface area contributed by atoms with Gasteiger partial charge < -0.3 is 10.6 Å². The molecule has 2 amide bonds. The highest BCUT2D eigenvalue weighted by molar-refractivity contribution is 6.01. The van der Waals surface area contributed by atoms with E-state index in [9.17, 15) is 24.0 Å². The van der Waals surface area contributed by atoms with Gasteiger partial charge in [0.2, 0.25) is 11.3 Å². The number of benzene rings is 2. The summed E-state index contributed by atoms with van der Waals surface area (Å²) in [6, 6.07) is 11.9. The third kappa shape index (κ3) is 4.23. The molecule has 0 radical (unpaired) electrons.